The predicted molar refractivity (Wildman–Crippen MR) is 87.6 cm³/mol. The number of nitrogens with one attached hydrogen (secondary N) is 1. The number of allylic oxidation sites excluding steroid dienone is 3. The van der Waals surface area contributed by atoms with Gasteiger partial charge in [-0.2, -0.15) is 5.26 Å². The highest BCUT2D eigenvalue weighted by Crippen LogP contribution is 2.24. The van der Waals surface area contributed by atoms with Crippen LogP contribution in [0.15, 0.2) is 45.7 Å². The molecule has 0 unspecified atom stereocenters. The van der Waals surface area contributed by atoms with E-state index in [1.54, 1.807) is 12.3 Å². The molecule has 0 saturated heterocycles. The summed E-state index contributed by atoms with van der Waals surface area (Å²) in [7, 11) is 0. The Balaban J connectivity index is 1.96. The van der Waals surface area contributed by atoms with Crippen LogP contribution < -0.4 is 5.32 Å². The molecule has 6 heteroatoms. The Morgan fingerprint density at radius 3 is 3.04 bits per heavy atom. The fourth-order valence-electron chi connectivity index (χ4n) is 2.51. The summed E-state index contributed by atoms with van der Waals surface area (Å²) < 4.78 is 10.4. The normalized spacial score (nSPS) is 16.1. The van der Waals surface area contributed by atoms with Gasteiger partial charge in [0.05, 0.1) is 12.9 Å². The van der Waals surface area contributed by atoms with Crippen LogP contribution in [-0.4, -0.2) is 30.8 Å². The van der Waals surface area contributed by atoms with Crippen molar-refractivity contribution in [1.29, 1.82) is 5.26 Å². The average Bonchev–Trinajstić information content (AvgIpc) is 3.10. The Hall–Kier alpha value is -2.52. The zero-order valence-electron chi connectivity index (χ0n) is 13.6. The van der Waals surface area contributed by atoms with Crippen LogP contribution in [0.5, 0.6) is 0 Å². The molecule has 0 amide bonds. The summed E-state index contributed by atoms with van der Waals surface area (Å²) >= 11 is 0. The Morgan fingerprint density at radius 2 is 2.33 bits per heavy atom. The number of rotatable bonds is 8. The molecule has 1 heterocycles. The number of hydrogen-bond acceptors (Lipinski definition) is 6. The number of ether oxygens (including phenoxy) is 1. The van der Waals surface area contributed by atoms with E-state index in [-0.39, 0.29) is 18.8 Å². The third kappa shape index (κ3) is 5.28. The van der Waals surface area contributed by atoms with Gasteiger partial charge in [0, 0.05) is 25.3 Å². The molecule has 0 saturated carbocycles. The van der Waals surface area contributed by atoms with Crippen LogP contribution in [0.25, 0.3) is 0 Å². The monoisotopic (exact) mass is 330 g/mol. The number of aliphatic hydroxyl groups is 1. The summed E-state index contributed by atoms with van der Waals surface area (Å²) in [5.74, 6) is 0.147. The number of hydrogen-bond donors (Lipinski definition) is 2. The molecule has 1 aliphatic rings. The highest BCUT2D eigenvalue weighted by molar-refractivity contribution is 5.94. The standard InChI is InChI=1S/C18H22N2O4/c19-13-17(18(22)24-11-7-16-6-2-10-23-16)14-4-1-5-15(12-14)20-8-3-9-21/h2,6,10,12,20-21H,1,3-5,7-9,11H2/b17-14-. The van der Waals surface area contributed by atoms with Crippen molar-refractivity contribution < 1.29 is 19.1 Å². The predicted octanol–water partition coefficient (Wildman–Crippen LogP) is 2.23. The van der Waals surface area contributed by atoms with E-state index in [1.165, 1.54) is 0 Å². The van der Waals surface area contributed by atoms with Gasteiger partial charge in [0.25, 0.3) is 0 Å². The molecule has 1 aromatic heterocycles. The molecule has 0 spiro atoms. The van der Waals surface area contributed by atoms with E-state index < -0.39 is 5.97 Å². The van der Waals surface area contributed by atoms with Gasteiger partial charge >= 0.3 is 5.97 Å². The zero-order valence-corrected chi connectivity index (χ0v) is 13.6. The number of carbonyl (C=O) groups is 1. The van der Waals surface area contributed by atoms with Crippen LogP contribution in [0.1, 0.15) is 31.4 Å². The molecule has 0 aromatic carbocycles. The number of esters is 1. The molecule has 0 fully saturated rings. The minimum absolute atomic E-state index is 0.0654. The SMILES string of the molecule is N#C/C(C(=O)OCCc1ccco1)=C1/C=C(NCCCO)CCC1. The second-order valence-electron chi connectivity index (χ2n) is 5.50. The van der Waals surface area contributed by atoms with Crippen LogP contribution in [-0.2, 0) is 16.0 Å². The van der Waals surface area contributed by atoms with E-state index in [4.69, 9.17) is 14.3 Å². The van der Waals surface area contributed by atoms with E-state index in [0.717, 1.165) is 24.3 Å². The van der Waals surface area contributed by atoms with Gasteiger partial charge in [-0.1, -0.05) is 0 Å². The van der Waals surface area contributed by atoms with Crippen molar-refractivity contribution in [3.8, 4) is 6.07 Å². The van der Waals surface area contributed by atoms with Gasteiger partial charge in [0.2, 0.25) is 0 Å². The van der Waals surface area contributed by atoms with Gasteiger partial charge < -0.3 is 19.6 Å². The van der Waals surface area contributed by atoms with Crippen LogP contribution in [0, 0.1) is 11.3 Å². The Bertz CT molecular complexity index is 638. The van der Waals surface area contributed by atoms with Crippen LogP contribution >= 0.6 is 0 Å². The van der Waals surface area contributed by atoms with Gasteiger partial charge in [-0.25, -0.2) is 4.79 Å². The van der Waals surface area contributed by atoms with Crippen LogP contribution in [0.3, 0.4) is 0 Å². The zero-order chi connectivity index (χ0) is 17.2. The summed E-state index contributed by atoms with van der Waals surface area (Å²) in [6.07, 6.45) is 7.00. The Labute approximate surface area is 141 Å². The maximum absolute atomic E-state index is 12.2. The lowest BCUT2D eigenvalue weighted by atomic mass is 9.95. The molecule has 1 aromatic rings. The summed E-state index contributed by atoms with van der Waals surface area (Å²) in [4.78, 5) is 12.2. The van der Waals surface area contributed by atoms with E-state index in [2.05, 4.69) is 5.32 Å². The first-order valence-electron chi connectivity index (χ1n) is 8.12. The lowest BCUT2D eigenvalue weighted by Gasteiger charge is -2.17. The van der Waals surface area contributed by atoms with E-state index in [9.17, 15) is 10.1 Å². The third-order valence-corrected chi connectivity index (χ3v) is 3.73. The lowest BCUT2D eigenvalue weighted by molar-refractivity contribution is -0.138. The highest BCUT2D eigenvalue weighted by atomic mass is 16.5. The Kier molecular flexibility index (Phi) is 7.12. The highest BCUT2D eigenvalue weighted by Gasteiger charge is 2.18. The number of carbonyl (C=O) groups excluding carboxylic acids is 1. The number of nitrogens with zero attached hydrogens (tertiary/aromatic N) is 1. The van der Waals surface area contributed by atoms with Crippen molar-refractivity contribution in [2.45, 2.75) is 32.1 Å². The Morgan fingerprint density at radius 1 is 1.46 bits per heavy atom. The quantitative estimate of drug-likeness (QED) is 0.328. The fourth-order valence-corrected chi connectivity index (χ4v) is 2.51. The van der Waals surface area contributed by atoms with Crippen molar-refractivity contribution in [2.24, 2.45) is 0 Å². The van der Waals surface area contributed by atoms with Gasteiger partial charge in [-0.3, -0.25) is 0 Å². The lowest BCUT2D eigenvalue weighted by Crippen LogP contribution is -2.19. The van der Waals surface area contributed by atoms with Gasteiger partial charge in [-0.05, 0) is 49.5 Å². The van der Waals surface area contributed by atoms with Crippen molar-refractivity contribution in [1.82, 2.24) is 5.32 Å². The minimum Gasteiger partial charge on any atom is -0.469 e. The molecule has 2 N–H and O–H groups in total. The van der Waals surface area contributed by atoms with Crippen LogP contribution in [0.2, 0.25) is 0 Å². The third-order valence-electron chi connectivity index (χ3n) is 3.73. The molecule has 0 bridgehead atoms. The summed E-state index contributed by atoms with van der Waals surface area (Å²) in [5, 5.41) is 21.4. The summed E-state index contributed by atoms with van der Waals surface area (Å²) in [5.41, 5.74) is 1.76. The fraction of sp³-hybridized carbons (Fsp3) is 0.444. The molecule has 0 atom stereocenters. The van der Waals surface area contributed by atoms with Crippen LogP contribution in [0.4, 0.5) is 0 Å². The first-order chi connectivity index (χ1) is 11.7. The van der Waals surface area contributed by atoms with Crippen molar-refractivity contribution in [3.63, 3.8) is 0 Å². The second kappa shape index (κ2) is 9.58. The van der Waals surface area contributed by atoms with Crippen molar-refractivity contribution in [2.75, 3.05) is 19.8 Å². The first kappa shape index (κ1) is 17.8. The molecular weight excluding hydrogens is 308 g/mol. The minimum atomic E-state index is -0.591. The topological polar surface area (TPSA) is 95.5 Å². The van der Waals surface area contributed by atoms with Crippen molar-refractivity contribution in [3.05, 3.63) is 47.1 Å². The van der Waals surface area contributed by atoms with E-state index >= 15 is 0 Å². The summed E-state index contributed by atoms with van der Waals surface area (Å²) in [6.45, 7) is 0.982. The van der Waals surface area contributed by atoms with E-state index in [0.29, 0.717) is 31.4 Å². The molecule has 24 heavy (non-hydrogen) atoms. The maximum Gasteiger partial charge on any atom is 0.349 e. The first-order valence-corrected chi connectivity index (χ1v) is 8.12. The van der Waals surface area contributed by atoms with Gasteiger partial charge in [0.1, 0.15) is 17.4 Å². The largest absolute Gasteiger partial charge is 0.469 e. The van der Waals surface area contributed by atoms with Gasteiger partial charge in [0.15, 0.2) is 0 Å². The molecule has 1 aliphatic carbocycles. The summed E-state index contributed by atoms with van der Waals surface area (Å²) in [6, 6.07) is 5.56. The van der Waals surface area contributed by atoms with E-state index in [1.807, 2.05) is 18.2 Å². The van der Waals surface area contributed by atoms with Crippen molar-refractivity contribution >= 4 is 5.97 Å². The number of furan rings is 1. The molecule has 2 rings (SSSR count). The number of aliphatic hydroxyl groups excluding tert-OH is 1. The average molecular weight is 330 g/mol. The molecule has 128 valence electrons. The molecular formula is C18H22N2O4. The molecule has 0 aliphatic heterocycles. The second-order valence-corrected chi connectivity index (χ2v) is 5.50. The van der Waals surface area contributed by atoms with Gasteiger partial charge in [-0.15, -0.1) is 0 Å². The number of nitriles is 1. The maximum atomic E-state index is 12.2. The molecule has 0 radical (unpaired) electrons. The smallest absolute Gasteiger partial charge is 0.349 e. The molecule has 6 nitrogen and oxygen atoms in total.